The van der Waals surface area contributed by atoms with Crippen molar-refractivity contribution in [2.75, 3.05) is 6.54 Å². The normalized spacial score (nSPS) is 12.4. The second-order valence-corrected chi connectivity index (χ2v) is 5.06. The SMILES string of the molecule is Cc1nsnc1Cn1nnc(C(=O)NCC(C)O)c1C. The van der Waals surface area contributed by atoms with E-state index >= 15 is 0 Å². The second-order valence-electron chi connectivity index (χ2n) is 4.54. The Morgan fingerprint density at radius 1 is 1.45 bits per heavy atom. The molecule has 2 rings (SSSR count). The van der Waals surface area contributed by atoms with Crippen molar-refractivity contribution in [3.8, 4) is 0 Å². The molecule has 0 fully saturated rings. The molecule has 1 atom stereocenters. The average Bonchev–Trinajstić information content (AvgIpc) is 2.95. The van der Waals surface area contributed by atoms with Crippen LogP contribution in [0.1, 0.15) is 34.5 Å². The summed E-state index contributed by atoms with van der Waals surface area (Å²) in [5.74, 6) is -0.345. The van der Waals surface area contributed by atoms with E-state index in [1.807, 2.05) is 6.92 Å². The Labute approximate surface area is 120 Å². The van der Waals surface area contributed by atoms with Crippen molar-refractivity contribution in [1.29, 1.82) is 0 Å². The van der Waals surface area contributed by atoms with Crippen LogP contribution in [0.25, 0.3) is 0 Å². The molecule has 0 aliphatic heterocycles. The Balaban J connectivity index is 2.11. The van der Waals surface area contributed by atoms with Crippen LogP contribution in [-0.2, 0) is 6.54 Å². The first kappa shape index (κ1) is 14.5. The number of amides is 1. The molecule has 2 N–H and O–H groups in total. The Morgan fingerprint density at radius 2 is 2.20 bits per heavy atom. The van der Waals surface area contributed by atoms with Gasteiger partial charge in [-0.25, -0.2) is 4.68 Å². The first-order chi connectivity index (χ1) is 9.49. The third kappa shape index (κ3) is 3.17. The van der Waals surface area contributed by atoms with Crippen LogP contribution in [0.2, 0.25) is 0 Å². The van der Waals surface area contributed by atoms with Crippen molar-refractivity contribution in [3.05, 3.63) is 22.8 Å². The fourth-order valence-electron chi connectivity index (χ4n) is 1.58. The molecule has 0 aliphatic carbocycles. The Hall–Kier alpha value is -1.87. The van der Waals surface area contributed by atoms with Gasteiger partial charge in [0.1, 0.15) is 0 Å². The van der Waals surface area contributed by atoms with Gasteiger partial charge in [-0.15, -0.1) is 5.10 Å². The predicted octanol–water partition coefficient (Wildman–Crippen LogP) is -0.0947. The Bertz CT molecular complexity index is 606. The monoisotopic (exact) mass is 296 g/mol. The van der Waals surface area contributed by atoms with Gasteiger partial charge in [0, 0.05) is 6.54 Å². The predicted molar refractivity (Wildman–Crippen MR) is 72.5 cm³/mol. The van der Waals surface area contributed by atoms with Gasteiger partial charge in [0.05, 0.1) is 41.5 Å². The highest BCUT2D eigenvalue weighted by Crippen LogP contribution is 2.09. The van der Waals surface area contributed by atoms with Gasteiger partial charge in [0.2, 0.25) is 0 Å². The van der Waals surface area contributed by atoms with E-state index in [4.69, 9.17) is 5.11 Å². The van der Waals surface area contributed by atoms with Gasteiger partial charge in [-0.3, -0.25) is 4.79 Å². The van der Waals surface area contributed by atoms with E-state index < -0.39 is 6.10 Å². The summed E-state index contributed by atoms with van der Waals surface area (Å²) in [5, 5.41) is 19.6. The molecule has 2 aromatic heterocycles. The number of aliphatic hydroxyl groups is 1. The summed E-state index contributed by atoms with van der Waals surface area (Å²) in [6.45, 7) is 5.86. The molecule has 0 radical (unpaired) electrons. The van der Waals surface area contributed by atoms with E-state index in [0.29, 0.717) is 12.2 Å². The zero-order chi connectivity index (χ0) is 14.7. The van der Waals surface area contributed by atoms with Crippen LogP contribution in [0.3, 0.4) is 0 Å². The molecule has 9 heteroatoms. The van der Waals surface area contributed by atoms with E-state index in [2.05, 4.69) is 24.4 Å². The summed E-state index contributed by atoms with van der Waals surface area (Å²) in [4.78, 5) is 11.9. The Morgan fingerprint density at radius 3 is 2.80 bits per heavy atom. The maximum absolute atomic E-state index is 11.9. The molecular weight excluding hydrogens is 280 g/mol. The third-order valence-corrected chi connectivity index (χ3v) is 3.46. The van der Waals surface area contributed by atoms with Crippen molar-refractivity contribution in [3.63, 3.8) is 0 Å². The summed E-state index contributed by atoms with van der Waals surface area (Å²) >= 11 is 1.15. The van der Waals surface area contributed by atoms with Gasteiger partial charge in [-0.1, -0.05) is 5.21 Å². The van der Waals surface area contributed by atoms with Gasteiger partial charge in [-0.2, -0.15) is 8.75 Å². The van der Waals surface area contributed by atoms with Crippen LogP contribution < -0.4 is 5.32 Å². The highest BCUT2D eigenvalue weighted by Gasteiger charge is 2.17. The van der Waals surface area contributed by atoms with E-state index in [1.54, 1.807) is 18.5 Å². The minimum Gasteiger partial charge on any atom is -0.392 e. The molecule has 0 aromatic carbocycles. The lowest BCUT2D eigenvalue weighted by atomic mass is 10.3. The van der Waals surface area contributed by atoms with Crippen molar-refractivity contribution < 1.29 is 9.90 Å². The third-order valence-electron chi connectivity index (χ3n) is 2.80. The van der Waals surface area contributed by atoms with Gasteiger partial charge in [0.15, 0.2) is 5.69 Å². The van der Waals surface area contributed by atoms with Crippen molar-refractivity contribution >= 4 is 17.6 Å². The molecule has 0 saturated heterocycles. The molecule has 0 spiro atoms. The van der Waals surface area contributed by atoms with E-state index in [-0.39, 0.29) is 18.1 Å². The van der Waals surface area contributed by atoms with Crippen LogP contribution in [-0.4, -0.2) is 47.4 Å². The number of aromatic nitrogens is 5. The van der Waals surface area contributed by atoms with Crippen LogP contribution in [0.4, 0.5) is 0 Å². The van der Waals surface area contributed by atoms with Gasteiger partial charge in [-0.05, 0) is 20.8 Å². The Kier molecular flexibility index (Phi) is 4.40. The molecule has 0 saturated carbocycles. The number of carbonyl (C=O) groups excluding carboxylic acids is 1. The van der Waals surface area contributed by atoms with Crippen molar-refractivity contribution in [2.45, 2.75) is 33.4 Å². The highest BCUT2D eigenvalue weighted by atomic mass is 32.1. The summed E-state index contributed by atoms with van der Waals surface area (Å²) in [7, 11) is 0. The fourth-order valence-corrected chi connectivity index (χ4v) is 2.14. The standard InChI is InChI=1S/C11H16N6O2S/c1-6(18)4-12-11(19)10-8(3)17(16-13-10)5-9-7(2)14-20-15-9/h6,18H,4-5H2,1-3H3,(H,12,19). The van der Waals surface area contributed by atoms with E-state index in [0.717, 1.165) is 23.1 Å². The maximum atomic E-state index is 11.9. The molecule has 8 nitrogen and oxygen atoms in total. The van der Waals surface area contributed by atoms with E-state index in [9.17, 15) is 4.79 Å². The fraction of sp³-hybridized carbons (Fsp3) is 0.545. The largest absolute Gasteiger partial charge is 0.392 e. The zero-order valence-electron chi connectivity index (χ0n) is 11.5. The van der Waals surface area contributed by atoms with Crippen LogP contribution in [0.5, 0.6) is 0 Å². The summed E-state index contributed by atoms with van der Waals surface area (Å²) < 4.78 is 9.88. The number of nitrogens with one attached hydrogen (secondary N) is 1. The number of nitrogens with zero attached hydrogens (tertiary/aromatic N) is 5. The van der Waals surface area contributed by atoms with Crippen LogP contribution in [0.15, 0.2) is 0 Å². The smallest absolute Gasteiger partial charge is 0.273 e. The number of aryl methyl sites for hydroxylation is 1. The lowest BCUT2D eigenvalue weighted by molar-refractivity contribution is 0.0918. The average molecular weight is 296 g/mol. The first-order valence-corrected chi connectivity index (χ1v) is 6.86. The molecule has 0 bridgehead atoms. The molecule has 2 heterocycles. The van der Waals surface area contributed by atoms with Gasteiger partial charge >= 0.3 is 0 Å². The highest BCUT2D eigenvalue weighted by molar-refractivity contribution is 6.99. The minimum atomic E-state index is -0.599. The molecular formula is C11H16N6O2S. The van der Waals surface area contributed by atoms with E-state index in [1.165, 1.54) is 0 Å². The minimum absolute atomic E-state index is 0.181. The molecule has 0 aliphatic rings. The van der Waals surface area contributed by atoms with Crippen LogP contribution >= 0.6 is 11.7 Å². The topological polar surface area (TPSA) is 106 Å². The van der Waals surface area contributed by atoms with Crippen molar-refractivity contribution in [1.82, 2.24) is 29.1 Å². The maximum Gasteiger partial charge on any atom is 0.273 e. The molecule has 20 heavy (non-hydrogen) atoms. The van der Waals surface area contributed by atoms with Crippen LogP contribution in [0, 0.1) is 13.8 Å². The lowest BCUT2D eigenvalue weighted by Gasteiger charge is -2.06. The number of carbonyl (C=O) groups is 1. The quantitative estimate of drug-likeness (QED) is 0.798. The lowest BCUT2D eigenvalue weighted by Crippen LogP contribution is -2.31. The second kappa shape index (κ2) is 6.06. The number of rotatable bonds is 5. The number of hydrogen-bond donors (Lipinski definition) is 2. The van der Waals surface area contributed by atoms with Gasteiger partial charge < -0.3 is 10.4 Å². The first-order valence-electron chi connectivity index (χ1n) is 6.13. The molecule has 108 valence electrons. The van der Waals surface area contributed by atoms with Gasteiger partial charge in [0.25, 0.3) is 5.91 Å². The molecule has 1 unspecified atom stereocenters. The van der Waals surface area contributed by atoms with Crippen molar-refractivity contribution in [2.24, 2.45) is 0 Å². The number of hydrogen-bond acceptors (Lipinski definition) is 7. The summed E-state index contributed by atoms with van der Waals surface area (Å²) in [6.07, 6.45) is -0.599. The molecule has 1 amide bonds. The molecule has 2 aromatic rings. The number of aliphatic hydroxyl groups excluding tert-OH is 1. The summed E-state index contributed by atoms with van der Waals surface area (Å²) in [5.41, 5.74) is 2.58. The summed E-state index contributed by atoms with van der Waals surface area (Å²) in [6, 6.07) is 0. The zero-order valence-corrected chi connectivity index (χ0v) is 12.3.